The first-order valence-corrected chi connectivity index (χ1v) is 25.6. The number of carboxylic acids is 2. The monoisotopic (exact) mass is 1070 g/mol. The van der Waals surface area contributed by atoms with Gasteiger partial charge in [-0.2, -0.15) is 0 Å². The summed E-state index contributed by atoms with van der Waals surface area (Å²) in [5, 5.41) is 65.9. The first-order valence-electron chi connectivity index (χ1n) is 25.6. The van der Waals surface area contributed by atoms with Crippen molar-refractivity contribution in [3.05, 3.63) is 59.7 Å². The maximum absolute atomic E-state index is 14.7. The lowest BCUT2D eigenvalue weighted by atomic mass is 9.89. The molecule has 2 aromatic rings. The number of amides is 5. The van der Waals surface area contributed by atoms with Crippen LogP contribution >= 0.6 is 0 Å². The molecule has 6 unspecified atom stereocenters. The Kier molecular flexibility index (Phi) is 23.3. The standard InChI is InChI=1S/C53H79N5O18/c1-12-29(6)41(37(72-10)25-38(60)58-22-16-19-35(58)45(73-11)30(7)47(64)54-34(50(67)68)23-31-17-14-13-15-18-31)56(8)49(66)39(27(2)3)55-48(65)40(28(4)5)57(9)53(71)74-26-32-20-21-33(24-36(32)59)75-52-44(63)42(61)43(62)46(76-52)51(69)70/h13-15,17-18,20-21,24,27-30,34-35,37,39-46,52,59,61-63H,12,16,19,22-23,25-26H2,1-11H3,(H,54,64)(H,55,65)(H,67,68)(H,69,70)/t29?,30?,34?,35-,37+,39-,40-,41?,42?,43-,44+,45+,46-,52?/m0/s1. The molecule has 0 aliphatic carbocycles. The number of rotatable bonds is 26. The van der Waals surface area contributed by atoms with Gasteiger partial charge in [-0.15, -0.1) is 0 Å². The summed E-state index contributed by atoms with van der Waals surface area (Å²) in [6.45, 7) is 12.3. The Morgan fingerprint density at radius 2 is 1.49 bits per heavy atom. The van der Waals surface area contributed by atoms with Crippen LogP contribution in [-0.2, 0) is 60.7 Å². The molecule has 5 amide bonds. The number of benzene rings is 2. The number of phenols is 1. The number of ether oxygens (including phenoxy) is 5. The fourth-order valence-corrected chi connectivity index (χ4v) is 9.93. The van der Waals surface area contributed by atoms with Crippen LogP contribution in [0.3, 0.4) is 0 Å². The number of nitrogens with one attached hydrogen (secondary N) is 2. The van der Waals surface area contributed by atoms with Crippen molar-refractivity contribution in [2.75, 3.05) is 34.9 Å². The molecule has 0 radical (unpaired) electrons. The van der Waals surface area contributed by atoms with E-state index in [0.717, 1.165) is 16.5 Å². The number of aromatic hydroxyl groups is 1. The number of phenolic OH excluding ortho intramolecular Hbond substituents is 1. The minimum Gasteiger partial charge on any atom is -0.507 e. The molecule has 0 aromatic heterocycles. The lowest BCUT2D eigenvalue weighted by Crippen LogP contribution is -2.61. The summed E-state index contributed by atoms with van der Waals surface area (Å²) in [5.74, 6) is -7.31. The van der Waals surface area contributed by atoms with E-state index < -0.39 is 139 Å². The SMILES string of the molecule is CCC(C)C([C@@H](CC(=O)N1CCC[C@H]1[C@H](OC)C(C)C(=O)NC(Cc1ccccc1)C(=O)O)OC)N(C)C(=O)[C@@H](NC(=O)[C@H](C(C)C)N(C)C(=O)OCc1ccc(OC2O[C@H](C(=O)O)[C@@H](O)C(O)[C@H]2O)cc1O)C(C)C. The van der Waals surface area contributed by atoms with Gasteiger partial charge in [0.1, 0.15) is 54.5 Å². The van der Waals surface area contributed by atoms with Gasteiger partial charge in [0.2, 0.25) is 29.9 Å². The molecule has 2 aliphatic rings. The number of carbonyl (C=O) groups excluding carboxylic acids is 5. The zero-order valence-corrected chi connectivity index (χ0v) is 45.2. The van der Waals surface area contributed by atoms with E-state index in [9.17, 15) is 64.2 Å². The summed E-state index contributed by atoms with van der Waals surface area (Å²) in [5.41, 5.74) is 0.827. The van der Waals surface area contributed by atoms with E-state index in [1.54, 1.807) is 70.8 Å². The number of likely N-dealkylation sites (N-methyl/N-ethyl adjacent to an activating group) is 2. The number of hydrogen-bond acceptors (Lipinski definition) is 16. The van der Waals surface area contributed by atoms with Crippen molar-refractivity contribution in [2.24, 2.45) is 23.7 Å². The van der Waals surface area contributed by atoms with Gasteiger partial charge in [-0.05, 0) is 48.3 Å². The molecule has 2 aliphatic heterocycles. The molecule has 4 rings (SSSR count). The van der Waals surface area contributed by atoms with Gasteiger partial charge in [-0.25, -0.2) is 14.4 Å². The number of carboxylic acid groups (broad SMARTS) is 2. The molecule has 2 fully saturated rings. The second kappa shape index (κ2) is 28.3. The predicted octanol–water partition coefficient (Wildman–Crippen LogP) is 2.13. The molecular formula is C53H79N5O18. The first-order chi connectivity index (χ1) is 35.8. The average molecular weight is 1070 g/mol. The van der Waals surface area contributed by atoms with Crippen molar-refractivity contribution in [1.29, 1.82) is 0 Å². The Labute approximate surface area is 443 Å². The zero-order valence-electron chi connectivity index (χ0n) is 45.2. The summed E-state index contributed by atoms with van der Waals surface area (Å²) in [4.78, 5) is 98.3. The van der Waals surface area contributed by atoms with Gasteiger partial charge < -0.3 is 74.8 Å². The number of likely N-dealkylation sites (tertiary alicyclic amines) is 1. The molecule has 23 heteroatoms. The maximum atomic E-state index is 14.7. The van der Waals surface area contributed by atoms with E-state index in [0.29, 0.717) is 25.8 Å². The maximum Gasteiger partial charge on any atom is 0.410 e. The van der Waals surface area contributed by atoms with E-state index in [1.807, 2.05) is 19.9 Å². The molecule has 0 saturated carbocycles. The quantitative estimate of drug-likeness (QED) is 0.0669. The van der Waals surface area contributed by atoms with Crippen molar-refractivity contribution in [3.63, 3.8) is 0 Å². The molecule has 76 heavy (non-hydrogen) atoms. The number of carbonyl (C=O) groups is 7. The Morgan fingerprint density at radius 1 is 0.829 bits per heavy atom. The molecular weight excluding hydrogens is 995 g/mol. The highest BCUT2D eigenvalue weighted by Crippen LogP contribution is 2.32. The van der Waals surface area contributed by atoms with Gasteiger partial charge in [-0.1, -0.05) is 85.2 Å². The number of aliphatic hydroxyl groups is 3. The van der Waals surface area contributed by atoms with Crippen LogP contribution in [0.2, 0.25) is 0 Å². The third-order valence-electron chi connectivity index (χ3n) is 14.5. The summed E-state index contributed by atoms with van der Waals surface area (Å²) >= 11 is 0. The number of aliphatic carboxylic acids is 2. The smallest absolute Gasteiger partial charge is 0.410 e. The fourth-order valence-electron chi connectivity index (χ4n) is 9.93. The van der Waals surface area contributed by atoms with Crippen LogP contribution in [0.1, 0.15) is 85.3 Å². The number of hydrogen-bond donors (Lipinski definition) is 8. The van der Waals surface area contributed by atoms with Crippen molar-refractivity contribution in [3.8, 4) is 11.5 Å². The number of methoxy groups -OCH3 is 2. The Bertz CT molecular complexity index is 2290. The van der Waals surface area contributed by atoms with Crippen molar-refractivity contribution in [2.45, 2.75) is 160 Å². The van der Waals surface area contributed by atoms with E-state index in [-0.39, 0.29) is 36.0 Å². The minimum atomic E-state index is -1.94. The van der Waals surface area contributed by atoms with E-state index in [1.165, 1.54) is 38.3 Å². The summed E-state index contributed by atoms with van der Waals surface area (Å²) in [7, 11) is 5.85. The largest absolute Gasteiger partial charge is 0.507 e. The highest BCUT2D eigenvalue weighted by atomic mass is 16.7. The van der Waals surface area contributed by atoms with Gasteiger partial charge >= 0.3 is 18.0 Å². The first kappa shape index (κ1) is 62.4. The number of aliphatic hydroxyl groups excluding tert-OH is 3. The third-order valence-corrected chi connectivity index (χ3v) is 14.5. The summed E-state index contributed by atoms with van der Waals surface area (Å²) in [6.07, 6.45) is -10.2. The lowest BCUT2D eigenvalue weighted by molar-refractivity contribution is -0.271. The molecule has 424 valence electrons. The topological polar surface area (TPSA) is 321 Å². The third kappa shape index (κ3) is 15.5. The molecule has 23 nitrogen and oxygen atoms in total. The second-order valence-electron chi connectivity index (χ2n) is 20.4. The van der Waals surface area contributed by atoms with Crippen LogP contribution in [0.25, 0.3) is 0 Å². The van der Waals surface area contributed by atoms with Crippen LogP contribution in [-0.4, -0.2) is 195 Å². The van der Waals surface area contributed by atoms with Gasteiger partial charge in [-0.3, -0.25) is 24.1 Å². The highest BCUT2D eigenvalue weighted by molar-refractivity contribution is 5.92. The summed E-state index contributed by atoms with van der Waals surface area (Å²) in [6, 6.07) is 7.98. The van der Waals surface area contributed by atoms with Gasteiger partial charge in [0.05, 0.1) is 36.6 Å². The zero-order chi connectivity index (χ0) is 56.9. The van der Waals surface area contributed by atoms with Gasteiger partial charge in [0.15, 0.2) is 6.10 Å². The van der Waals surface area contributed by atoms with Crippen LogP contribution in [0.5, 0.6) is 11.5 Å². The van der Waals surface area contributed by atoms with Crippen LogP contribution in [0.15, 0.2) is 48.5 Å². The second-order valence-corrected chi connectivity index (χ2v) is 20.4. The molecule has 0 spiro atoms. The van der Waals surface area contributed by atoms with Crippen LogP contribution in [0.4, 0.5) is 4.79 Å². The molecule has 14 atom stereocenters. The lowest BCUT2D eigenvalue weighted by Gasteiger charge is -2.41. The highest BCUT2D eigenvalue weighted by Gasteiger charge is 2.49. The molecule has 2 saturated heterocycles. The average Bonchev–Trinajstić information content (AvgIpc) is 3.86. The molecule has 2 heterocycles. The van der Waals surface area contributed by atoms with Crippen molar-refractivity contribution in [1.82, 2.24) is 25.3 Å². The fraction of sp³-hybridized carbons (Fsp3) is 0.642. The van der Waals surface area contributed by atoms with Crippen molar-refractivity contribution >= 4 is 41.7 Å². The Balaban J connectivity index is 1.43. The Hall–Kier alpha value is -6.11. The molecule has 8 N–H and O–H groups in total. The normalized spacial score (nSPS) is 22.8. The van der Waals surface area contributed by atoms with E-state index in [2.05, 4.69) is 10.6 Å². The Morgan fingerprint density at radius 3 is 2.04 bits per heavy atom. The van der Waals surface area contributed by atoms with E-state index in [4.69, 9.17) is 23.7 Å². The predicted molar refractivity (Wildman–Crippen MR) is 272 cm³/mol. The van der Waals surface area contributed by atoms with E-state index >= 15 is 0 Å². The number of nitrogens with zero attached hydrogens (tertiary/aromatic N) is 3. The van der Waals surface area contributed by atoms with Crippen LogP contribution < -0.4 is 15.4 Å². The van der Waals surface area contributed by atoms with Gasteiger partial charge in [0.25, 0.3) is 0 Å². The molecule has 2 aromatic carbocycles. The van der Waals surface area contributed by atoms with Crippen LogP contribution in [0, 0.1) is 23.7 Å². The van der Waals surface area contributed by atoms with Gasteiger partial charge in [0, 0.05) is 52.9 Å². The molecule has 0 bridgehead atoms. The van der Waals surface area contributed by atoms with Crippen molar-refractivity contribution < 1.29 is 87.9 Å². The minimum absolute atomic E-state index is 0.0759. The summed E-state index contributed by atoms with van der Waals surface area (Å²) < 4.78 is 28.0.